The van der Waals surface area contributed by atoms with Gasteiger partial charge in [0.1, 0.15) is 5.82 Å². The third-order valence-electron chi connectivity index (χ3n) is 3.78. The van der Waals surface area contributed by atoms with E-state index in [0.717, 1.165) is 23.2 Å². The van der Waals surface area contributed by atoms with Gasteiger partial charge in [-0.05, 0) is 35.8 Å². The first-order valence-corrected chi connectivity index (χ1v) is 7.14. The van der Waals surface area contributed by atoms with Crippen LogP contribution in [0.25, 0.3) is 16.8 Å². The van der Waals surface area contributed by atoms with Gasteiger partial charge in [-0.25, -0.2) is 9.78 Å². The Morgan fingerprint density at radius 2 is 1.95 bits per heavy atom. The number of carbonyl (C=O) groups is 1. The number of hydrogen-bond donors (Lipinski definition) is 2. The Morgan fingerprint density at radius 1 is 1.18 bits per heavy atom. The largest absolute Gasteiger partial charge is 0.465 e. The normalized spacial score (nSPS) is 14.5. The number of hydrogen-bond acceptors (Lipinski definition) is 3. The highest BCUT2D eigenvalue weighted by Gasteiger charge is 2.16. The van der Waals surface area contributed by atoms with E-state index in [0.29, 0.717) is 18.9 Å². The molecule has 0 atom stereocenters. The van der Waals surface area contributed by atoms with Crippen LogP contribution in [0.15, 0.2) is 48.5 Å². The first kappa shape index (κ1) is 14.1. The highest BCUT2D eigenvalue weighted by Crippen LogP contribution is 2.26. The van der Waals surface area contributed by atoms with Gasteiger partial charge in [-0.1, -0.05) is 30.3 Å². The van der Waals surface area contributed by atoms with Crippen LogP contribution in [0.4, 0.5) is 10.6 Å². The van der Waals surface area contributed by atoms with Gasteiger partial charge in [-0.3, -0.25) is 0 Å². The summed E-state index contributed by atoms with van der Waals surface area (Å²) in [7, 11) is 0. The summed E-state index contributed by atoms with van der Waals surface area (Å²) in [6, 6.07) is 13.7. The molecule has 1 aliphatic rings. The standard InChI is InChI=1S/C17H17N3O2/c18-16-6-2-5-15(19-16)14-4-1-3-13(11-14)12-7-9-20(10-8-12)17(21)22/h1-7,11H,8-10H2,(H2,18,19)(H,21,22). The van der Waals surface area contributed by atoms with Crippen LogP contribution in [0, 0.1) is 0 Å². The van der Waals surface area contributed by atoms with Gasteiger partial charge >= 0.3 is 6.09 Å². The van der Waals surface area contributed by atoms with Crippen molar-refractivity contribution in [3.8, 4) is 11.3 Å². The molecule has 3 rings (SSSR count). The zero-order chi connectivity index (χ0) is 15.5. The van der Waals surface area contributed by atoms with E-state index in [1.807, 2.05) is 36.4 Å². The maximum absolute atomic E-state index is 10.9. The Bertz CT molecular complexity index is 740. The third-order valence-corrected chi connectivity index (χ3v) is 3.78. The lowest BCUT2D eigenvalue weighted by Gasteiger charge is -2.24. The van der Waals surface area contributed by atoms with Crippen molar-refractivity contribution in [2.75, 3.05) is 18.8 Å². The monoisotopic (exact) mass is 295 g/mol. The lowest BCUT2D eigenvalue weighted by atomic mass is 9.97. The molecule has 3 N–H and O–H groups in total. The van der Waals surface area contributed by atoms with Crippen molar-refractivity contribution in [2.24, 2.45) is 0 Å². The molecule has 1 aromatic carbocycles. The van der Waals surface area contributed by atoms with Crippen molar-refractivity contribution in [3.63, 3.8) is 0 Å². The van der Waals surface area contributed by atoms with E-state index in [9.17, 15) is 4.79 Å². The molecule has 2 heterocycles. The molecular weight excluding hydrogens is 278 g/mol. The molecule has 0 saturated heterocycles. The molecule has 0 unspecified atom stereocenters. The summed E-state index contributed by atoms with van der Waals surface area (Å²) in [5, 5.41) is 8.99. The van der Waals surface area contributed by atoms with Crippen molar-refractivity contribution in [3.05, 3.63) is 54.1 Å². The predicted octanol–water partition coefficient (Wildman–Crippen LogP) is 3.10. The van der Waals surface area contributed by atoms with Crippen molar-refractivity contribution in [1.29, 1.82) is 0 Å². The first-order valence-electron chi connectivity index (χ1n) is 7.14. The van der Waals surface area contributed by atoms with Crippen molar-refractivity contribution in [1.82, 2.24) is 9.88 Å². The molecule has 1 aliphatic heterocycles. The van der Waals surface area contributed by atoms with Crippen molar-refractivity contribution in [2.45, 2.75) is 6.42 Å². The highest BCUT2D eigenvalue weighted by molar-refractivity contribution is 5.74. The van der Waals surface area contributed by atoms with Crippen LogP contribution < -0.4 is 5.73 Å². The molecule has 2 aromatic rings. The molecular formula is C17H17N3O2. The summed E-state index contributed by atoms with van der Waals surface area (Å²) in [5.74, 6) is 0.497. The summed E-state index contributed by atoms with van der Waals surface area (Å²) < 4.78 is 0. The SMILES string of the molecule is Nc1cccc(-c2cccc(C3=CCN(C(=O)O)CC3)c2)n1. The molecule has 1 aromatic heterocycles. The summed E-state index contributed by atoms with van der Waals surface area (Å²) in [6.45, 7) is 0.966. The Morgan fingerprint density at radius 3 is 2.64 bits per heavy atom. The minimum atomic E-state index is -0.868. The number of nitrogens with two attached hydrogens (primary N) is 1. The average molecular weight is 295 g/mol. The lowest BCUT2D eigenvalue weighted by molar-refractivity contribution is 0.150. The fourth-order valence-electron chi connectivity index (χ4n) is 2.60. The molecule has 0 radical (unpaired) electrons. The van der Waals surface area contributed by atoms with E-state index in [4.69, 9.17) is 10.8 Å². The molecule has 5 nitrogen and oxygen atoms in total. The second-order valence-electron chi connectivity index (χ2n) is 5.24. The van der Waals surface area contributed by atoms with Crippen LogP contribution >= 0.6 is 0 Å². The van der Waals surface area contributed by atoms with Crippen LogP contribution in [0.3, 0.4) is 0 Å². The Kier molecular flexibility index (Phi) is 3.78. The zero-order valence-corrected chi connectivity index (χ0v) is 12.1. The first-order chi connectivity index (χ1) is 10.6. The van der Waals surface area contributed by atoms with Gasteiger partial charge < -0.3 is 15.7 Å². The van der Waals surface area contributed by atoms with Gasteiger partial charge in [0.05, 0.1) is 5.69 Å². The number of nitrogen functional groups attached to an aromatic ring is 1. The number of anilines is 1. The highest BCUT2D eigenvalue weighted by atomic mass is 16.4. The molecule has 0 saturated carbocycles. The number of nitrogens with zero attached hydrogens (tertiary/aromatic N) is 2. The number of benzene rings is 1. The Hall–Kier alpha value is -2.82. The van der Waals surface area contributed by atoms with E-state index in [-0.39, 0.29) is 0 Å². The maximum atomic E-state index is 10.9. The number of rotatable bonds is 2. The van der Waals surface area contributed by atoms with E-state index >= 15 is 0 Å². The third kappa shape index (κ3) is 2.93. The maximum Gasteiger partial charge on any atom is 0.407 e. The lowest BCUT2D eigenvalue weighted by Crippen LogP contribution is -2.33. The van der Waals surface area contributed by atoms with Gasteiger partial charge in [0.15, 0.2) is 0 Å². The topological polar surface area (TPSA) is 79.5 Å². The molecule has 22 heavy (non-hydrogen) atoms. The number of pyridine rings is 1. The second-order valence-corrected chi connectivity index (χ2v) is 5.24. The van der Waals surface area contributed by atoms with Crippen molar-refractivity contribution >= 4 is 17.5 Å². The van der Waals surface area contributed by atoms with Gasteiger partial charge in [-0.2, -0.15) is 0 Å². The fraction of sp³-hybridized carbons (Fsp3) is 0.176. The Balaban J connectivity index is 1.88. The summed E-state index contributed by atoms with van der Waals surface area (Å²) in [6.07, 6.45) is 1.83. The minimum Gasteiger partial charge on any atom is -0.465 e. The smallest absolute Gasteiger partial charge is 0.407 e. The average Bonchev–Trinajstić information content (AvgIpc) is 2.55. The van der Waals surface area contributed by atoms with Gasteiger partial charge in [0.25, 0.3) is 0 Å². The zero-order valence-electron chi connectivity index (χ0n) is 12.1. The van der Waals surface area contributed by atoms with Crippen molar-refractivity contribution < 1.29 is 9.90 Å². The number of amides is 1. The fourth-order valence-corrected chi connectivity index (χ4v) is 2.60. The molecule has 0 fully saturated rings. The van der Waals surface area contributed by atoms with Gasteiger partial charge in [0, 0.05) is 18.7 Å². The van der Waals surface area contributed by atoms with E-state index in [2.05, 4.69) is 11.1 Å². The van der Waals surface area contributed by atoms with E-state index in [1.54, 1.807) is 6.07 Å². The van der Waals surface area contributed by atoms with Crippen LogP contribution in [0.1, 0.15) is 12.0 Å². The quantitative estimate of drug-likeness (QED) is 0.892. The van der Waals surface area contributed by atoms with Crippen LogP contribution in [-0.2, 0) is 0 Å². The molecule has 0 spiro atoms. The van der Waals surface area contributed by atoms with E-state index < -0.39 is 6.09 Å². The van der Waals surface area contributed by atoms with Crippen LogP contribution in [0.2, 0.25) is 0 Å². The van der Waals surface area contributed by atoms with Gasteiger partial charge in [-0.15, -0.1) is 0 Å². The Labute approximate surface area is 128 Å². The molecule has 1 amide bonds. The summed E-state index contributed by atoms with van der Waals surface area (Å²) in [5.41, 5.74) is 9.85. The summed E-state index contributed by atoms with van der Waals surface area (Å²) in [4.78, 5) is 16.7. The van der Waals surface area contributed by atoms with Crippen LogP contribution in [-0.4, -0.2) is 34.2 Å². The number of carboxylic acid groups (broad SMARTS) is 1. The van der Waals surface area contributed by atoms with Crippen LogP contribution in [0.5, 0.6) is 0 Å². The van der Waals surface area contributed by atoms with E-state index in [1.165, 1.54) is 10.5 Å². The second kappa shape index (κ2) is 5.89. The molecule has 112 valence electrons. The molecule has 0 aliphatic carbocycles. The predicted molar refractivity (Wildman–Crippen MR) is 86.3 cm³/mol. The molecule has 0 bridgehead atoms. The van der Waals surface area contributed by atoms with Gasteiger partial charge in [0.2, 0.25) is 0 Å². The summed E-state index contributed by atoms with van der Waals surface area (Å²) >= 11 is 0. The minimum absolute atomic E-state index is 0.436. The number of aromatic nitrogens is 1. The molecule has 5 heteroatoms.